The molecule has 1 amide bonds. The van der Waals surface area contributed by atoms with Gasteiger partial charge in [-0.15, -0.1) is 0 Å². The summed E-state index contributed by atoms with van der Waals surface area (Å²) in [6.07, 6.45) is -0.567. The minimum absolute atomic E-state index is 0.260. The molecule has 1 aliphatic heterocycles. The van der Waals surface area contributed by atoms with E-state index in [0.29, 0.717) is 11.9 Å². The Morgan fingerprint density at radius 3 is 2.07 bits per heavy atom. The van der Waals surface area contributed by atoms with Gasteiger partial charge in [-0.25, -0.2) is 4.79 Å². The number of hydrogen-bond donors (Lipinski definition) is 1. The van der Waals surface area contributed by atoms with Crippen molar-refractivity contribution in [3.8, 4) is 0 Å². The summed E-state index contributed by atoms with van der Waals surface area (Å²) in [4.78, 5) is 26.5. The van der Waals surface area contributed by atoms with E-state index in [0.717, 1.165) is 16.7 Å². The minimum Gasteiger partial charge on any atom is -0.448 e. The van der Waals surface area contributed by atoms with Crippen molar-refractivity contribution in [1.29, 1.82) is 0 Å². The lowest BCUT2D eigenvalue weighted by atomic mass is 10.0. The van der Waals surface area contributed by atoms with Crippen molar-refractivity contribution >= 4 is 27.8 Å². The quantitative estimate of drug-likeness (QED) is 0.332. The highest BCUT2D eigenvalue weighted by molar-refractivity contribution is 9.09. The molecule has 0 saturated carbocycles. The Balaban J connectivity index is 1.93. The number of ether oxygens (including phenoxy) is 1. The Morgan fingerprint density at radius 1 is 1.15 bits per heavy atom. The predicted octanol–water partition coefficient (Wildman–Crippen LogP) is 3.16. The molecule has 2 aromatic carbocycles. The average Bonchev–Trinajstić information content (AvgIpc) is 2.72. The molecule has 0 aliphatic carbocycles. The lowest BCUT2D eigenvalue weighted by Gasteiger charge is -2.37. The molecule has 1 saturated heterocycles. The molecule has 27 heavy (non-hydrogen) atoms. The van der Waals surface area contributed by atoms with Crippen molar-refractivity contribution in [2.24, 2.45) is 5.73 Å². The van der Waals surface area contributed by atoms with Gasteiger partial charge >= 0.3 is 5.97 Å². The lowest BCUT2D eigenvalue weighted by molar-refractivity contribution is -0.151. The van der Waals surface area contributed by atoms with Crippen LogP contribution >= 0.6 is 15.9 Å². The number of amides is 1. The van der Waals surface area contributed by atoms with Crippen LogP contribution in [0.4, 0.5) is 0 Å². The molecule has 0 radical (unpaired) electrons. The van der Waals surface area contributed by atoms with Gasteiger partial charge in [-0.05, 0) is 23.6 Å². The SMILES string of the molecule is C/C(CBr)=C(\C(=O)OC(c1ccccc1)c1ccccc1)N1CC(N)C1=O. The van der Waals surface area contributed by atoms with Gasteiger partial charge < -0.3 is 15.4 Å². The molecular formula is C21H21BrN2O3. The second-order valence-electron chi connectivity index (χ2n) is 6.42. The molecule has 2 N–H and O–H groups in total. The van der Waals surface area contributed by atoms with Crippen molar-refractivity contribution < 1.29 is 14.3 Å². The van der Waals surface area contributed by atoms with Crippen LogP contribution in [-0.4, -0.2) is 34.7 Å². The third-order valence-electron chi connectivity index (χ3n) is 4.46. The van der Waals surface area contributed by atoms with E-state index < -0.39 is 18.1 Å². The molecule has 0 aromatic heterocycles. The van der Waals surface area contributed by atoms with Crippen LogP contribution in [0.5, 0.6) is 0 Å². The highest BCUT2D eigenvalue weighted by Crippen LogP contribution is 2.29. The van der Waals surface area contributed by atoms with E-state index in [2.05, 4.69) is 15.9 Å². The third kappa shape index (κ3) is 4.12. The van der Waals surface area contributed by atoms with Crippen LogP contribution in [-0.2, 0) is 14.3 Å². The monoisotopic (exact) mass is 428 g/mol. The van der Waals surface area contributed by atoms with Gasteiger partial charge in [0.2, 0.25) is 5.91 Å². The van der Waals surface area contributed by atoms with Crippen LogP contribution in [0.25, 0.3) is 0 Å². The first-order valence-electron chi connectivity index (χ1n) is 8.66. The van der Waals surface area contributed by atoms with Crippen LogP contribution in [0, 0.1) is 0 Å². The molecular weight excluding hydrogens is 408 g/mol. The van der Waals surface area contributed by atoms with Gasteiger partial charge in [-0.1, -0.05) is 76.6 Å². The van der Waals surface area contributed by atoms with Crippen LogP contribution in [0.15, 0.2) is 71.9 Å². The molecule has 0 spiro atoms. The number of β-lactam (4-membered cyclic amide) rings is 1. The standard InChI is InChI=1S/C21H21BrN2O3/c1-14(12-22)18(24-13-17(23)20(24)25)21(26)27-19(15-8-4-2-5-9-15)16-10-6-3-7-11-16/h2-11,17,19H,12-13,23H2,1H3/b18-14-. The minimum atomic E-state index is -0.567. The largest absolute Gasteiger partial charge is 0.448 e. The van der Waals surface area contributed by atoms with E-state index >= 15 is 0 Å². The van der Waals surface area contributed by atoms with E-state index in [4.69, 9.17) is 10.5 Å². The molecule has 1 aliphatic rings. The number of carbonyl (C=O) groups excluding carboxylic acids is 2. The highest BCUT2D eigenvalue weighted by Gasteiger charge is 2.40. The zero-order valence-corrected chi connectivity index (χ0v) is 16.6. The van der Waals surface area contributed by atoms with E-state index in [9.17, 15) is 9.59 Å². The summed E-state index contributed by atoms with van der Waals surface area (Å²) >= 11 is 3.36. The maximum Gasteiger partial charge on any atom is 0.355 e. The summed E-state index contributed by atoms with van der Waals surface area (Å²) in [6, 6.07) is 18.5. The molecule has 1 heterocycles. The third-order valence-corrected chi connectivity index (χ3v) is 5.30. The second kappa shape index (κ2) is 8.50. The van der Waals surface area contributed by atoms with Crippen molar-refractivity contribution in [2.75, 3.05) is 11.9 Å². The number of hydrogen-bond acceptors (Lipinski definition) is 4. The molecule has 140 valence electrons. The van der Waals surface area contributed by atoms with Crippen LogP contribution in [0.1, 0.15) is 24.2 Å². The van der Waals surface area contributed by atoms with E-state index in [1.165, 1.54) is 4.90 Å². The van der Waals surface area contributed by atoms with Gasteiger partial charge in [0.15, 0.2) is 6.10 Å². The Labute approximate surface area is 166 Å². The van der Waals surface area contributed by atoms with Gasteiger partial charge in [0, 0.05) is 5.33 Å². The maximum absolute atomic E-state index is 13.1. The number of carbonyl (C=O) groups is 2. The molecule has 0 bridgehead atoms. The first kappa shape index (κ1) is 19.3. The Bertz CT molecular complexity index is 813. The Hall–Kier alpha value is -2.44. The van der Waals surface area contributed by atoms with E-state index in [1.54, 1.807) is 6.92 Å². The van der Waals surface area contributed by atoms with Gasteiger partial charge in [0.25, 0.3) is 0 Å². The number of alkyl halides is 1. The number of esters is 1. The molecule has 3 rings (SSSR count). The Kier molecular flexibility index (Phi) is 6.08. The normalized spacial score (nSPS) is 17.4. The highest BCUT2D eigenvalue weighted by atomic mass is 79.9. The van der Waals surface area contributed by atoms with Gasteiger partial charge in [0.1, 0.15) is 11.7 Å². The summed E-state index contributed by atoms with van der Waals surface area (Å²) in [5.41, 5.74) is 8.40. The molecule has 6 heteroatoms. The van der Waals surface area contributed by atoms with Gasteiger partial charge in [-0.3, -0.25) is 4.79 Å². The first-order chi connectivity index (χ1) is 13.0. The zero-order chi connectivity index (χ0) is 19.4. The van der Waals surface area contributed by atoms with E-state index in [-0.39, 0.29) is 11.6 Å². The van der Waals surface area contributed by atoms with Gasteiger partial charge in [0.05, 0.1) is 6.54 Å². The maximum atomic E-state index is 13.1. The molecule has 2 aromatic rings. The fourth-order valence-electron chi connectivity index (χ4n) is 2.98. The number of nitrogens with two attached hydrogens (primary N) is 1. The number of benzene rings is 2. The number of rotatable bonds is 6. The fourth-order valence-corrected chi connectivity index (χ4v) is 3.24. The van der Waals surface area contributed by atoms with Crippen molar-refractivity contribution in [1.82, 2.24) is 4.90 Å². The van der Waals surface area contributed by atoms with Gasteiger partial charge in [-0.2, -0.15) is 0 Å². The number of likely N-dealkylation sites (tertiary alicyclic amines) is 1. The number of halogens is 1. The summed E-state index contributed by atoms with van der Waals surface area (Å²) < 4.78 is 5.90. The molecule has 1 fully saturated rings. The molecule has 5 nitrogen and oxygen atoms in total. The van der Waals surface area contributed by atoms with Crippen LogP contribution in [0.2, 0.25) is 0 Å². The number of nitrogens with zero attached hydrogens (tertiary/aromatic N) is 1. The lowest BCUT2D eigenvalue weighted by Crippen LogP contribution is -2.61. The molecule has 1 atom stereocenters. The van der Waals surface area contributed by atoms with E-state index in [1.807, 2.05) is 60.7 Å². The molecule has 1 unspecified atom stereocenters. The summed E-state index contributed by atoms with van der Waals surface area (Å²) in [7, 11) is 0. The smallest absolute Gasteiger partial charge is 0.355 e. The van der Waals surface area contributed by atoms with Crippen molar-refractivity contribution in [3.05, 3.63) is 83.1 Å². The van der Waals surface area contributed by atoms with Crippen LogP contribution in [0.3, 0.4) is 0 Å². The Morgan fingerprint density at radius 2 is 1.67 bits per heavy atom. The topological polar surface area (TPSA) is 72.6 Å². The average molecular weight is 429 g/mol. The summed E-state index contributed by atoms with van der Waals surface area (Å²) in [6.45, 7) is 2.11. The second-order valence-corrected chi connectivity index (χ2v) is 6.99. The summed E-state index contributed by atoms with van der Waals surface area (Å²) in [5, 5.41) is 0.456. The predicted molar refractivity (Wildman–Crippen MR) is 107 cm³/mol. The number of allylic oxidation sites excluding steroid dienone is 1. The summed E-state index contributed by atoms with van der Waals surface area (Å²) in [5.74, 6) is -0.803. The van der Waals surface area contributed by atoms with Crippen molar-refractivity contribution in [2.45, 2.75) is 19.1 Å². The van der Waals surface area contributed by atoms with Crippen LogP contribution < -0.4 is 5.73 Å². The zero-order valence-electron chi connectivity index (χ0n) is 15.0. The first-order valence-corrected chi connectivity index (χ1v) is 9.78. The fraction of sp³-hybridized carbons (Fsp3) is 0.238. The van der Waals surface area contributed by atoms with Crippen molar-refractivity contribution in [3.63, 3.8) is 0 Å².